The van der Waals surface area contributed by atoms with E-state index in [-0.39, 0.29) is 11.4 Å². The van der Waals surface area contributed by atoms with E-state index < -0.39 is 0 Å². The fourth-order valence-electron chi connectivity index (χ4n) is 4.34. The van der Waals surface area contributed by atoms with Crippen molar-refractivity contribution in [2.45, 2.75) is 45.6 Å². The van der Waals surface area contributed by atoms with E-state index in [2.05, 4.69) is 43.8 Å². The van der Waals surface area contributed by atoms with E-state index >= 15 is 0 Å². The SMILES string of the molecule is CCN1C(=O)/C(=C/c2cc3c(cc2Cl)N(C)C(C)(C)C[C@@H]3C)SC1=Nc1ccccc1. The van der Waals surface area contributed by atoms with Gasteiger partial charge in [0.15, 0.2) is 5.17 Å². The van der Waals surface area contributed by atoms with Crippen molar-refractivity contribution in [1.29, 1.82) is 0 Å². The number of rotatable bonds is 3. The largest absolute Gasteiger partial charge is 0.369 e. The number of hydrogen-bond donors (Lipinski definition) is 0. The molecule has 1 atom stereocenters. The maximum absolute atomic E-state index is 13.0. The molecule has 1 amide bonds. The van der Waals surface area contributed by atoms with Gasteiger partial charge in [-0.2, -0.15) is 0 Å². The highest BCUT2D eigenvalue weighted by atomic mass is 35.5. The standard InChI is InChI=1S/C25H28ClN3OS/c1-6-29-23(30)22(31-24(29)27-18-10-8-7-9-11-18)13-17-12-19-16(2)15-25(3,4)28(5)21(19)14-20(17)26/h7-14,16H,6,15H2,1-5H3/b22-13-,27-24?/t16-/m0/s1. The summed E-state index contributed by atoms with van der Waals surface area (Å²) in [5.41, 5.74) is 4.25. The highest BCUT2D eigenvalue weighted by molar-refractivity contribution is 8.18. The quantitative estimate of drug-likeness (QED) is 0.486. The summed E-state index contributed by atoms with van der Waals surface area (Å²) in [5, 5.41) is 1.36. The van der Waals surface area contributed by atoms with Gasteiger partial charge in [0.25, 0.3) is 5.91 Å². The molecule has 2 aromatic carbocycles. The highest BCUT2D eigenvalue weighted by Gasteiger charge is 2.35. The summed E-state index contributed by atoms with van der Waals surface area (Å²) < 4.78 is 0. The number of para-hydroxylation sites is 1. The Labute approximate surface area is 194 Å². The van der Waals surface area contributed by atoms with Crippen LogP contribution in [0.4, 0.5) is 11.4 Å². The van der Waals surface area contributed by atoms with Crippen molar-refractivity contribution in [3.05, 3.63) is 63.5 Å². The van der Waals surface area contributed by atoms with Gasteiger partial charge < -0.3 is 4.90 Å². The Morgan fingerprint density at radius 2 is 1.97 bits per heavy atom. The molecule has 2 heterocycles. The number of carbonyl (C=O) groups is 1. The van der Waals surface area contributed by atoms with Crippen LogP contribution in [0.1, 0.15) is 51.2 Å². The lowest BCUT2D eigenvalue weighted by molar-refractivity contribution is -0.122. The van der Waals surface area contributed by atoms with E-state index in [1.165, 1.54) is 23.0 Å². The molecule has 6 heteroatoms. The van der Waals surface area contributed by atoms with Crippen LogP contribution < -0.4 is 4.90 Å². The molecule has 31 heavy (non-hydrogen) atoms. The molecule has 0 saturated carbocycles. The van der Waals surface area contributed by atoms with Gasteiger partial charge in [0.2, 0.25) is 0 Å². The second-order valence-electron chi connectivity index (χ2n) is 8.80. The molecule has 0 spiro atoms. The van der Waals surface area contributed by atoms with E-state index in [9.17, 15) is 4.79 Å². The van der Waals surface area contributed by atoms with Crippen LogP contribution in [0.2, 0.25) is 5.02 Å². The number of carbonyl (C=O) groups excluding carboxylic acids is 1. The molecule has 1 saturated heterocycles. The van der Waals surface area contributed by atoms with Gasteiger partial charge >= 0.3 is 0 Å². The summed E-state index contributed by atoms with van der Waals surface area (Å²) in [6.45, 7) is 9.32. The lowest BCUT2D eigenvalue weighted by Gasteiger charge is -2.45. The van der Waals surface area contributed by atoms with Crippen LogP contribution in [0.25, 0.3) is 6.08 Å². The van der Waals surface area contributed by atoms with Crippen LogP contribution >= 0.6 is 23.4 Å². The Hall–Kier alpha value is -2.24. The molecule has 1 fully saturated rings. The van der Waals surface area contributed by atoms with Gasteiger partial charge in [0.1, 0.15) is 0 Å². The van der Waals surface area contributed by atoms with Crippen LogP contribution in [0.5, 0.6) is 0 Å². The number of halogens is 1. The molecule has 0 radical (unpaired) electrons. The predicted molar refractivity (Wildman–Crippen MR) is 133 cm³/mol. The van der Waals surface area contributed by atoms with Crippen LogP contribution in [0.15, 0.2) is 52.4 Å². The Balaban J connectivity index is 1.71. The molecule has 0 N–H and O–H groups in total. The van der Waals surface area contributed by atoms with Crippen molar-refractivity contribution in [3.8, 4) is 0 Å². The van der Waals surface area contributed by atoms with Crippen LogP contribution in [-0.2, 0) is 4.79 Å². The van der Waals surface area contributed by atoms with Crippen molar-refractivity contribution >= 4 is 51.9 Å². The fourth-order valence-corrected chi connectivity index (χ4v) is 5.61. The Morgan fingerprint density at radius 1 is 1.26 bits per heavy atom. The molecule has 2 aliphatic heterocycles. The lowest BCUT2D eigenvalue weighted by atomic mass is 9.80. The third kappa shape index (κ3) is 4.13. The zero-order valence-corrected chi connectivity index (χ0v) is 20.2. The van der Waals surface area contributed by atoms with Crippen molar-refractivity contribution in [1.82, 2.24) is 4.90 Å². The van der Waals surface area contributed by atoms with Gasteiger partial charge in [-0.15, -0.1) is 0 Å². The number of anilines is 1. The molecule has 0 aromatic heterocycles. The second-order valence-corrected chi connectivity index (χ2v) is 10.2. The molecule has 162 valence electrons. The number of amidine groups is 1. The third-order valence-electron chi connectivity index (χ3n) is 6.22. The summed E-state index contributed by atoms with van der Waals surface area (Å²) in [6.07, 6.45) is 2.98. The number of likely N-dealkylation sites (N-methyl/N-ethyl adjacent to an activating group) is 1. The van der Waals surface area contributed by atoms with Crippen molar-refractivity contribution < 1.29 is 4.79 Å². The number of fused-ring (bicyclic) bond motifs is 1. The summed E-state index contributed by atoms with van der Waals surface area (Å²) in [5.74, 6) is 0.396. The molecule has 0 unspecified atom stereocenters. The maximum Gasteiger partial charge on any atom is 0.266 e. The summed E-state index contributed by atoms with van der Waals surface area (Å²) in [7, 11) is 2.13. The number of amides is 1. The van der Waals surface area contributed by atoms with E-state index in [4.69, 9.17) is 11.6 Å². The Morgan fingerprint density at radius 3 is 2.65 bits per heavy atom. The topological polar surface area (TPSA) is 35.9 Å². The van der Waals surface area contributed by atoms with Gasteiger partial charge in [-0.05, 0) is 86.3 Å². The number of aliphatic imine (C=N–C) groups is 1. The molecule has 2 aliphatic rings. The Kier molecular flexibility index (Phi) is 5.93. The third-order valence-corrected chi connectivity index (χ3v) is 7.56. The number of hydrogen-bond acceptors (Lipinski definition) is 4. The zero-order valence-electron chi connectivity index (χ0n) is 18.6. The minimum Gasteiger partial charge on any atom is -0.369 e. The number of nitrogens with zero attached hydrogens (tertiary/aromatic N) is 3. The van der Waals surface area contributed by atoms with Crippen LogP contribution in [0.3, 0.4) is 0 Å². The average molecular weight is 454 g/mol. The van der Waals surface area contributed by atoms with E-state index in [1.54, 1.807) is 4.90 Å². The first-order valence-electron chi connectivity index (χ1n) is 10.6. The second kappa shape index (κ2) is 8.36. The summed E-state index contributed by atoms with van der Waals surface area (Å²) in [4.78, 5) is 22.4. The number of benzene rings is 2. The van der Waals surface area contributed by atoms with Crippen molar-refractivity contribution in [2.75, 3.05) is 18.5 Å². The molecule has 4 nitrogen and oxygen atoms in total. The molecule has 4 rings (SSSR count). The first-order chi connectivity index (χ1) is 14.7. The smallest absolute Gasteiger partial charge is 0.266 e. The lowest BCUT2D eigenvalue weighted by Crippen LogP contribution is -2.45. The molecule has 2 aromatic rings. The molecular formula is C25H28ClN3OS. The average Bonchev–Trinajstić information content (AvgIpc) is 3.02. The first-order valence-corrected chi connectivity index (χ1v) is 11.8. The van der Waals surface area contributed by atoms with Crippen molar-refractivity contribution in [2.24, 2.45) is 4.99 Å². The van der Waals surface area contributed by atoms with Gasteiger partial charge in [-0.3, -0.25) is 9.69 Å². The minimum absolute atomic E-state index is 0.0257. The van der Waals surface area contributed by atoms with E-state index in [0.717, 1.165) is 17.7 Å². The first kappa shape index (κ1) is 22.0. The highest BCUT2D eigenvalue weighted by Crippen LogP contribution is 2.45. The van der Waals surface area contributed by atoms with E-state index in [0.29, 0.717) is 27.6 Å². The fraction of sp³-hybridized carbons (Fsp3) is 0.360. The monoisotopic (exact) mass is 453 g/mol. The maximum atomic E-state index is 13.0. The van der Waals surface area contributed by atoms with Gasteiger partial charge in [-0.25, -0.2) is 4.99 Å². The minimum atomic E-state index is -0.0257. The molecular weight excluding hydrogens is 426 g/mol. The zero-order chi connectivity index (χ0) is 22.3. The van der Waals surface area contributed by atoms with Gasteiger partial charge in [0, 0.05) is 29.8 Å². The van der Waals surface area contributed by atoms with Crippen LogP contribution in [-0.4, -0.2) is 35.1 Å². The molecule has 0 bridgehead atoms. The van der Waals surface area contributed by atoms with Gasteiger partial charge in [-0.1, -0.05) is 36.7 Å². The normalized spacial score (nSPS) is 23.0. The Bertz CT molecular complexity index is 1080. The van der Waals surface area contributed by atoms with Crippen molar-refractivity contribution in [3.63, 3.8) is 0 Å². The number of thioether (sulfide) groups is 1. The van der Waals surface area contributed by atoms with E-state index in [1.807, 2.05) is 49.4 Å². The van der Waals surface area contributed by atoms with Crippen LogP contribution in [0, 0.1) is 0 Å². The summed E-state index contributed by atoms with van der Waals surface area (Å²) in [6, 6.07) is 13.9. The van der Waals surface area contributed by atoms with Gasteiger partial charge in [0.05, 0.1) is 10.6 Å². The molecule has 0 aliphatic carbocycles. The summed E-state index contributed by atoms with van der Waals surface area (Å²) >= 11 is 8.10. The predicted octanol–water partition coefficient (Wildman–Crippen LogP) is 6.69.